The van der Waals surface area contributed by atoms with E-state index in [0.717, 1.165) is 30.4 Å². The lowest BCUT2D eigenvalue weighted by atomic mass is 9.85. The number of imide groups is 1. The van der Waals surface area contributed by atoms with Crippen molar-refractivity contribution in [3.63, 3.8) is 0 Å². The molecule has 0 spiro atoms. The summed E-state index contributed by atoms with van der Waals surface area (Å²) in [7, 11) is 0. The minimum Gasteiger partial charge on any atom is -0.489 e. The van der Waals surface area contributed by atoms with Crippen LogP contribution < -0.4 is 9.64 Å². The second kappa shape index (κ2) is 7.37. The maximum Gasteiger partial charge on any atom is 0.260 e. The molecule has 6 heteroatoms. The molecule has 1 unspecified atom stereocenters. The standard InChI is InChI=1S/C21H17Cl2NO3/c22-18-9-4-13(10-19(18)23)12-27-17-7-5-16(6-8-17)24-20(25)14-2-1-3-15(11-14)21(24)26/h4-11,14H,1-3,12H2. The third kappa shape index (κ3) is 3.60. The van der Waals surface area contributed by atoms with Crippen LogP contribution in [0.25, 0.3) is 0 Å². The lowest BCUT2D eigenvalue weighted by Crippen LogP contribution is -2.46. The fourth-order valence-electron chi connectivity index (χ4n) is 3.44. The minimum atomic E-state index is -0.208. The number of carbonyl (C=O) groups excluding carboxylic acids is 2. The largest absolute Gasteiger partial charge is 0.489 e. The van der Waals surface area contributed by atoms with Gasteiger partial charge in [-0.3, -0.25) is 9.59 Å². The number of hydrogen-bond donors (Lipinski definition) is 0. The average Bonchev–Trinajstić information content (AvgIpc) is 2.69. The van der Waals surface area contributed by atoms with Gasteiger partial charge in [0.1, 0.15) is 12.4 Å². The van der Waals surface area contributed by atoms with Gasteiger partial charge in [0, 0.05) is 5.57 Å². The first-order valence-electron chi connectivity index (χ1n) is 8.79. The van der Waals surface area contributed by atoms with Crippen LogP contribution in [0.15, 0.2) is 54.1 Å². The van der Waals surface area contributed by atoms with Crippen molar-refractivity contribution >= 4 is 40.7 Å². The maximum absolute atomic E-state index is 12.6. The molecule has 2 bridgehead atoms. The molecule has 0 N–H and O–H groups in total. The molecule has 0 saturated carbocycles. The van der Waals surface area contributed by atoms with Crippen molar-refractivity contribution in [2.24, 2.45) is 5.92 Å². The number of ether oxygens (including phenoxy) is 1. The van der Waals surface area contributed by atoms with E-state index in [1.54, 1.807) is 36.4 Å². The van der Waals surface area contributed by atoms with Crippen LogP contribution in [0.4, 0.5) is 5.69 Å². The smallest absolute Gasteiger partial charge is 0.260 e. The Morgan fingerprint density at radius 1 is 1.04 bits per heavy atom. The van der Waals surface area contributed by atoms with Crippen LogP contribution in [-0.4, -0.2) is 11.8 Å². The molecule has 1 atom stereocenters. The Morgan fingerprint density at radius 2 is 1.81 bits per heavy atom. The first-order valence-corrected chi connectivity index (χ1v) is 9.54. The molecule has 0 radical (unpaired) electrons. The van der Waals surface area contributed by atoms with E-state index in [2.05, 4.69) is 0 Å². The van der Waals surface area contributed by atoms with Crippen LogP contribution in [0.2, 0.25) is 10.0 Å². The molecule has 4 nitrogen and oxygen atoms in total. The molecular weight excluding hydrogens is 385 g/mol. The molecule has 2 aromatic carbocycles. The van der Waals surface area contributed by atoms with E-state index < -0.39 is 0 Å². The zero-order valence-corrected chi connectivity index (χ0v) is 16.0. The number of fused-ring (bicyclic) bond motifs is 1. The predicted molar refractivity (Wildman–Crippen MR) is 105 cm³/mol. The summed E-state index contributed by atoms with van der Waals surface area (Å²) in [5.41, 5.74) is 2.21. The van der Waals surface area contributed by atoms with Crippen molar-refractivity contribution in [3.8, 4) is 5.75 Å². The molecule has 2 aliphatic rings. The van der Waals surface area contributed by atoms with E-state index in [0.29, 0.717) is 28.1 Å². The predicted octanol–water partition coefficient (Wildman–Crippen LogP) is 5.17. The van der Waals surface area contributed by atoms with Crippen LogP contribution in [0.5, 0.6) is 5.75 Å². The molecule has 1 aliphatic carbocycles. The second-order valence-corrected chi connectivity index (χ2v) is 7.51. The number of hydrogen-bond acceptors (Lipinski definition) is 3. The Kier molecular flexibility index (Phi) is 4.94. The molecule has 0 saturated heterocycles. The monoisotopic (exact) mass is 401 g/mol. The van der Waals surface area contributed by atoms with Crippen LogP contribution in [-0.2, 0) is 16.2 Å². The van der Waals surface area contributed by atoms with Gasteiger partial charge in [-0.25, -0.2) is 4.90 Å². The molecule has 2 amide bonds. The number of rotatable bonds is 4. The van der Waals surface area contributed by atoms with Gasteiger partial charge in [-0.15, -0.1) is 0 Å². The molecular formula is C21H17Cl2NO3. The Labute approximate surface area is 167 Å². The quantitative estimate of drug-likeness (QED) is 0.663. The Bertz CT molecular complexity index is 937. The van der Waals surface area contributed by atoms with E-state index in [4.69, 9.17) is 27.9 Å². The van der Waals surface area contributed by atoms with Gasteiger partial charge < -0.3 is 4.74 Å². The lowest BCUT2D eigenvalue weighted by molar-refractivity contribution is -0.128. The molecule has 27 heavy (non-hydrogen) atoms. The summed E-state index contributed by atoms with van der Waals surface area (Å²) in [6.07, 6.45) is 4.27. The van der Waals surface area contributed by atoms with Crippen molar-refractivity contribution in [2.75, 3.05) is 4.90 Å². The van der Waals surface area contributed by atoms with Crippen LogP contribution >= 0.6 is 23.2 Å². The van der Waals surface area contributed by atoms with Gasteiger partial charge in [0.15, 0.2) is 0 Å². The van der Waals surface area contributed by atoms with E-state index >= 15 is 0 Å². The van der Waals surface area contributed by atoms with Crippen molar-refractivity contribution in [1.82, 2.24) is 0 Å². The molecule has 1 heterocycles. The molecule has 0 fully saturated rings. The number of benzene rings is 2. The Morgan fingerprint density at radius 3 is 2.56 bits per heavy atom. The summed E-state index contributed by atoms with van der Waals surface area (Å²) in [6, 6.07) is 12.3. The van der Waals surface area contributed by atoms with Gasteiger partial charge in [-0.2, -0.15) is 0 Å². The van der Waals surface area contributed by atoms with Gasteiger partial charge in [0.2, 0.25) is 5.91 Å². The van der Waals surface area contributed by atoms with Gasteiger partial charge in [-0.05, 0) is 61.2 Å². The summed E-state index contributed by atoms with van der Waals surface area (Å²) in [5, 5.41) is 0.982. The number of anilines is 1. The summed E-state index contributed by atoms with van der Waals surface area (Å²) in [6.45, 7) is 0.340. The van der Waals surface area contributed by atoms with Crippen LogP contribution in [0.3, 0.4) is 0 Å². The van der Waals surface area contributed by atoms with Crippen LogP contribution in [0.1, 0.15) is 24.8 Å². The van der Waals surface area contributed by atoms with Gasteiger partial charge >= 0.3 is 0 Å². The Balaban J connectivity index is 1.47. The summed E-state index contributed by atoms with van der Waals surface area (Å²) in [5.74, 6) is 0.103. The highest BCUT2D eigenvalue weighted by Crippen LogP contribution is 2.34. The topological polar surface area (TPSA) is 46.6 Å². The van der Waals surface area contributed by atoms with Crippen molar-refractivity contribution < 1.29 is 14.3 Å². The molecule has 2 aromatic rings. The summed E-state index contributed by atoms with van der Waals surface area (Å²) < 4.78 is 5.76. The first kappa shape index (κ1) is 18.1. The number of halogens is 2. The van der Waals surface area contributed by atoms with E-state index in [1.807, 2.05) is 12.1 Å². The number of carbonyl (C=O) groups is 2. The zero-order chi connectivity index (χ0) is 19.0. The second-order valence-electron chi connectivity index (χ2n) is 6.70. The molecule has 1 aliphatic heterocycles. The molecule has 0 aromatic heterocycles. The van der Waals surface area contributed by atoms with Gasteiger partial charge in [0.25, 0.3) is 5.91 Å². The highest BCUT2D eigenvalue weighted by Gasteiger charge is 2.37. The van der Waals surface area contributed by atoms with Crippen LogP contribution in [0, 0.1) is 5.92 Å². The maximum atomic E-state index is 12.6. The summed E-state index contributed by atoms with van der Waals surface area (Å²) >= 11 is 11.9. The average molecular weight is 402 g/mol. The fraction of sp³-hybridized carbons (Fsp3) is 0.238. The Hall–Kier alpha value is -2.30. The SMILES string of the molecule is O=C1C2=CC(CCC2)C(=O)N1c1ccc(OCc2ccc(Cl)c(Cl)c2)cc1. The van der Waals surface area contributed by atoms with Crippen molar-refractivity contribution in [3.05, 3.63) is 69.7 Å². The fourth-order valence-corrected chi connectivity index (χ4v) is 3.76. The number of nitrogens with zero attached hydrogens (tertiary/aromatic N) is 1. The summed E-state index contributed by atoms with van der Waals surface area (Å²) in [4.78, 5) is 26.5. The third-order valence-corrected chi connectivity index (χ3v) is 5.60. The van der Waals surface area contributed by atoms with Crippen molar-refractivity contribution in [1.29, 1.82) is 0 Å². The highest BCUT2D eigenvalue weighted by atomic mass is 35.5. The van der Waals surface area contributed by atoms with E-state index in [9.17, 15) is 9.59 Å². The van der Waals surface area contributed by atoms with E-state index in [-0.39, 0.29) is 17.7 Å². The first-order chi connectivity index (χ1) is 13.0. The van der Waals surface area contributed by atoms with E-state index in [1.165, 1.54) is 4.90 Å². The minimum absolute atomic E-state index is 0.145. The van der Waals surface area contributed by atoms with Crippen molar-refractivity contribution in [2.45, 2.75) is 25.9 Å². The normalized spacial score (nSPS) is 19.1. The van der Waals surface area contributed by atoms with Gasteiger partial charge in [-0.1, -0.05) is 35.3 Å². The third-order valence-electron chi connectivity index (χ3n) is 4.86. The zero-order valence-electron chi connectivity index (χ0n) is 14.5. The lowest BCUT2D eigenvalue weighted by Gasteiger charge is -2.33. The molecule has 4 rings (SSSR count). The number of amides is 2. The molecule has 138 valence electrons. The highest BCUT2D eigenvalue weighted by molar-refractivity contribution is 6.42. The van der Waals surface area contributed by atoms with Gasteiger partial charge in [0.05, 0.1) is 21.7 Å².